The number of amides is 2. The summed E-state index contributed by atoms with van der Waals surface area (Å²) in [5, 5.41) is 8.75. The number of rotatable bonds is 4. The van der Waals surface area contributed by atoms with Crippen LogP contribution >= 0.6 is 0 Å². The lowest BCUT2D eigenvalue weighted by molar-refractivity contribution is -0.136. The molecule has 0 aromatic carbocycles. The van der Waals surface area contributed by atoms with Gasteiger partial charge in [-0.2, -0.15) is 0 Å². The van der Waals surface area contributed by atoms with Gasteiger partial charge in [0.2, 0.25) is 11.8 Å². The van der Waals surface area contributed by atoms with Crippen molar-refractivity contribution in [2.45, 2.75) is 13.8 Å². The molecule has 6 heteroatoms. The molecule has 0 saturated heterocycles. The molecule has 96 valence electrons. The van der Waals surface area contributed by atoms with E-state index in [1.807, 2.05) is 0 Å². The molecule has 0 unspecified atom stereocenters. The van der Waals surface area contributed by atoms with E-state index in [2.05, 4.69) is 0 Å². The van der Waals surface area contributed by atoms with Gasteiger partial charge in [0, 0.05) is 32.3 Å². The molecule has 0 saturated carbocycles. The summed E-state index contributed by atoms with van der Waals surface area (Å²) in [7, 11) is 4.64. The maximum Gasteiger partial charge on any atom is 0.331 e. The van der Waals surface area contributed by atoms with Crippen LogP contribution in [0.1, 0.15) is 13.8 Å². The SMILES string of the molecule is CC(C(=O)O)=C(C)C(=O)N(C)CC(=O)N(C)C. The van der Waals surface area contributed by atoms with Gasteiger partial charge >= 0.3 is 5.97 Å². The van der Waals surface area contributed by atoms with E-state index in [0.717, 1.165) is 0 Å². The standard InChI is InChI=1S/C11H18N2O4/c1-7(8(2)11(16)17)10(15)13(5)6-9(14)12(3)4/h6H2,1-5H3,(H,16,17). The average molecular weight is 242 g/mol. The minimum atomic E-state index is -1.14. The van der Waals surface area contributed by atoms with Gasteiger partial charge in [-0.05, 0) is 13.8 Å². The van der Waals surface area contributed by atoms with E-state index in [1.54, 1.807) is 14.1 Å². The zero-order valence-corrected chi connectivity index (χ0v) is 10.8. The summed E-state index contributed by atoms with van der Waals surface area (Å²) in [5.41, 5.74) is 0.116. The first kappa shape index (κ1) is 15.2. The predicted molar refractivity (Wildman–Crippen MR) is 62.3 cm³/mol. The number of hydrogen-bond donors (Lipinski definition) is 1. The fourth-order valence-corrected chi connectivity index (χ4v) is 1.02. The Morgan fingerprint density at radius 3 is 1.82 bits per heavy atom. The van der Waals surface area contributed by atoms with Crippen molar-refractivity contribution >= 4 is 17.8 Å². The van der Waals surface area contributed by atoms with Gasteiger partial charge in [0.05, 0.1) is 6.54 Å². The predicted octanol–water partition coefficient (Wildman–Crippen LogP) is -0.0460. The molecule has 0 spiro atoms. The third-order valence-corrected chi connectivity index (χ3v) is 2.42. The molecule has 2 amide bonds. The molecule has 17 heavy (non-hydrogen) atoms. The van der Waals surface area contributed by atoms with Crippen molar-refractivity contribution in [1.29, 1.82) is 0 Å². The minimum absolute atomic E-state index is 0.0147. The molecule has 0 heterocycles. The number of nitrogens with zero attached hydrogens (tertiary/aromatic N) is 2. The third kappa shape index (κ3) is 4.26. The summed E-state index contributed by atoms with van der Waals surface area (Å²) in [6, 6.07) is 0. The molecule has 0 aliphatic rings. The topological polar surface area (TPSA) is 77.9 Å². The second kappa shape index (κ2) is 6.03. The molecule has 0 radical (unpaired) electrons. The maximum atomic E-state index is 11.8. The van der Waals surface area contributed by atoms with E-state index in [-0.39, 0.29) is 23.6 Å². The highest BCUT2D eigenvalue weighted by Gasteiger charge is 2.18. The molecule has 0 aliphatic heterocycles. The number of hydrogen-bond acceptors (Lipinski definition) is 3. The van der Waals surface area contributed by atoms with Crippen LogP contribution in [0, 0.1) is 0 Å². The highest BCUT2D eigenvalue weighted by molar-refractivity contribution is 6.02. The van der Waals surface area contributed by atoms with Crippen LogP contribution < -0.4 is 0 Å². The zero-order valence-electron chi connectivity index (χ0n) is 10.8. The first-order valence-electron chi connectivity index (χ1n) is 5.04. The molecule has 0 bridgehead atoms. The van der Waals surface area contributed by atoms with Gasteiger partial charge in [0.15, 0.2) is 0 Å². The van der Waals surface area contributed by atoms with E-state index in [9.17, 15) is 14.4 Å². The fraction of sp³-hybridized carbons (Fsp3) is 0.545. The summed E-state index contributed by atoms with van der Waals surface area (Å²) >= 11 is 0. The third-order valence-electron chi connectivity index (χ3n) is 2.42. The Hall–Kier alpha value is -1.85. The Morgan fingerprint density at radius 1 is 1.00 bits per heavy atom. The number of carboxylic acid groups (broad SMARTS) is 1. The van der Waals surface area contributed by atoms with Crippen molar-refractivity contribution < 1.29 is 19.5 Å². The Labute approximate surface area is 100 Å². The van der Waals surface area contributed by atoms with Gasteiger partial charge in [-0.3, -0.25) is 9.59 Å². The van der Waals surface area contributed by atoms with Crippen LogP contribution in [-0.4, -0.2) is 60.4 Å². The summed E-state index contributed by atoms with van der Waals surface area (Å²) in [6.45, 7) is 2.72. The van der Waals surface area contributed by atoms with Crippen molar-refractivity contribution in [3.05, 3.63) is 11.1 Å². The van der Waals surface area contributed by atoms with Gasteiger partial charge in [0.25, 0.3) is 0 Å². The van der Waals surface area contributed by atoms with Gasteiger partial charge in [0.1, 0.15) is 0 Å². The maximum absolute atomic E-state index is 11.8. The van der Waals surface area contributed by atoms with Crippen LogP contribution in [-0.2, 0) is 14.4 Å². The Balaban J connectivity index is 4.79. The number of carboxylic acids is 1. The minimum Gasteiger partial charge on any atom is -0.478 e. The second-order valence-electron chi connectivity index (χ2n) is 4.00. The molecule has 0 atom stereocenters. The number of likely N-dealkylation sites (N-methyl/N-ethyl adjacent to an activating group) is 2. The molecule has 6 nitrogen and oxygen atoms in total. The van der Waals surface area contributed by atoms with Crippen LogP contribution in [0.4, 0.5) is 0 Å². The van der Waals surface area contributed by atoms with Gasteiger partial charge in [-0.25, -0.2) is 4.79 Å². The quantitative estimate of drug-likeness (QED) is 0.701. The first-order chi connectivity index (χ1) is 7.68. The highest BCUT2D eigenvalue weighted by Crippen LogP contribution is 2.07. The monoisotopic (exact) mass is 242 g/mol. The molecule has 0 aromatic rings. The van der Waals surface area contributed by atoms with Crippen molar-refractivity contribution in [2.75, 3.05) is 27.7 Å². The molecule has 0 fully saturated rings. The van der Waals surface area contributed by atoms with Gasteiger partial charge in [-0.1, -0.05) is 0 Å². The van der Waals surface area contributed by atoms with E-state index in [4.69, 9.17) is 5.11 Å². The lowest BCUT2D eigenvalue weighted by Crippen LogP contribution is -2.38. The lowest BCUT2D eigenvalue weighted by atomic mass is 10.1. The van der Waals surface area contributed by atoms with Crippen molar-refractivity contribution in [3.8, 4) is 0 Å². The van der Waals surface area contributed by atoms with E-state index < -0.39 is 11.9 Å². The van der Waals surface area contributed by atoms with Crippen molar-refractivity contribution in [1.82, 2.24) is 9.80 Å². The molecule has 0 aromatic heterocycles. The molecule has 1 N–H and O–H groups in total. The molecular weight excluding hydrogens is 224 g/mol. The Kier molecular flexibility index (Phi) is 5.37. The van der Waals surface area contributed by atoms with E-state index in [1.165, 1.54) is 30.7 Å². The second-order valence-corrected chi connectivity index (χ2v) is 4.00. The molecule has 0 aliphatic carbocycles. The summed E-state index contributed by atoms with van der Waals surface area (Å²) in [6.07, 6.45) is 0. The zero-order chi connectivity index (χ0) is 13.7. The van der Waals surface area contributed by atoms with Crippen LogP contribution in [0.25, 0.3) is 0 Å². The van der Waals surface area contributed by atoms with Crippen molar-refractivity contribution in [2.24, 2.45) is 0 Å². The summed E-state index contributed by atoms with van der Waals surface area (Å²) < 4.78 is 0. The van der Waals surface area contributed by atoms with E-state index >= 15 is 0 Å². The average Bonchev–Trinajstić information content (AvgIpc) is 2.25. The number of carbonyl (C=O) groups excluding carboxylic acids is 2. The molecule has 0 rings (SSSR count). The normalized spacial score (nSPS) is 11.6. The fourth-order valence-electron chi connectivity index (χ4n) is 1.02. The van der Waals surface area contributed by atoms with Crippen LogP contribution in [0.15, 0.2) is 11.1 Å². The van der Waals surface area contributed by atoms with Gasteiger partial charge in [-0.15, -0.1) is 0 Å². The van der Waals surface area contributed by atoms with Crippen LogP contribution in [0.2, 0.25) is 0 Å². The highest BCUT2D eigenvalue weighted by atomic mass is 16.4. The Bertz CT molecular complexity index is 372. The van der Waals surface area contributed by atoms with Crippen LogP contribution in [0.5, 0.6) is 0 Å². The largest absolute Gasteiger partial charge is 0.478 e. The van der Waals surface area contributed by atoms with Crippen LogP contribution in [0.3, 0.4) is 0 Å². The number of aliphatic carboxylic acids is 1. The smallest absolute Gasteiger partial charge is 0.331 e. The number of carbonyl (C=O) groups is 3. The lowest BCUT2D eigenvalue weighted by Gasteiger charge is -2.19. The summed E-state index contributed by atoms with van der Waals surface area (Å²) in [4.78, 5) is 36.4. The molecular formula is C11H18N2O4. The van der Waals surface area contributed by atoms with Crippen molar-refractivity contribution in [3.63, 3.8) is 0 Å². The van der Waals surface area contributed by atoms with E-state index in [0.29, 0.717) is 0 Å². The summed E-state index contributed by atoms with van der Waals surface area (Å²) in [5.74, 6) is -1.81. The first-order valence-corrected chi connectivity index (χ1v) is 5.04. The Morgan fingerprint density at radius 2 is 1.47 bits per heavy atom. The van der Waals surface area contributed by atoms with Gasteiger partial charge < -0.3 is 14.9 Å².